The molecule has 0 unspecified atom stereocenters. The Kier molecular flexibility index (Phi) is 3.00. The molecule has 0 radical (unpaired) electrons. The fourth-order valence-electron chi connectivity index (χ4n) is 2.77. The number of nitrogens with zero attached hydrogens (tertiary/aromatic N) is 1. The molecule has 104 valence electrons. The third-order valence-electron chi connectivity index (χ3n) is 3.86. The van der Waals surface area contributed by atoms with Crippen molar-refractivity contribution in [1.29, 1.82) is 0 Å². The van der Waals surface area contributed by atoms with Crippen molar-refractivity contribution >= 4 is 16.5 Å². The zero-order valence-electron chi connectivity index (χ0n) is 11.9. The van der Waals surface area contributed by atoms with E-state index in [1.807, 2.05) is 6.07 Å². The first-order chi connectivity index (χ1) is 10.3. The molecule has 1 aliphatic rings. The highest BCUT2D eigenvalue weighted by Crippen LogP contribution is 2.41. The summed E-state index contributed by atoms with van der Waals surface area (Å²) in [6.45, 7) is 2.97. The maximum Gasteiger partial charge on any atom is 0.183 e. The van der Waals surface area contributed by atoms with E-state index in [1.165, 1.54) is 32.8 Å². The van der Waals surface area contributed by atoms with Gasteiger partial charge in [-0.15, -0.1) is 11.3 Å². The van der Waals surface area contributed by atoms with E-state index >= 15 is 0 Å². The number of aryl methyl sites for hydroxylation is 1. The second-order valence-corrected chi connectivity index (χ2v) is 6.55. The fourth-order valence-corrected chi connectivity index (χ4v) is 3.76. The first-order valence-electron chi connectivity index (χ1n) is 7.17. The van der Waals surface area contributed by atoms with E-state index in [-0.39, 0.29) is 0 Å². The molecule has 21 heavy (non-hydrogen) atoms. The van der Waals surface area contributed by atoms with E-state index in [0.29, 0.717) is 0 Å². The Morgan fingerprint density at radius 2 is 2.00 bits per heavy atom. The van der Waals surface area contributed by atoms with Gasteiger partial charge in [-0.05, 0) is 24.1 Å². The molecule has 1 heterocycles. The maximum atomic E-state index is 4.80. The van der Waals surface area contributed by atoms with Crippen LogP contribution in [0.5, 0.6) is 0 Å². The number of hydrogen-bond donors (Lipinski definition) is 1. The normalized spacial score (nSPS) is 12.0. The monoisotopic (exact) mass is 292 g/mol. The summed E-state index contributed by atoms with van der Waals surface area (Å²) in [5.41, 5.74) is 6.48. The molecular formula is C18H16N2S. The Hall–Kier alpha value is -2.13. The van der Waals surface area contributed by atoms with E-state index in [2.05, 4.69) is 54.7 Å². The summed E-state index contributed by atoms with van der Waals surface area (Å²) in [6.07, 6.45) is 1.02. The van der Waals surface area contributed by atoms with Crippen LogP contribution in [0.25, 0.3) is 11.3 Å². The molecule has 0 saturated heterocycles. The van der Waals surface area contributed by atoms with Crippen LogP contribution in [0.4, 0.5) is 5.13 Å². The summed E-state index contributed by atoms with van der Waals surface area (Å²) in [6, 6.07) is 17.1. The van der Waals surface area contributed by atoms with Gasteiger partial charge in [0, 0.05) is 23.4 Å². The highest BCUT2D eigenvalue weighted by molar-refractivity contribution is 7.16. The molecule has 0 saturated carbocycles. The van der Waals surface area contributed by atoms with Gasteiger partial charge in [0.05, 0.1) is 5.69 Å². The molecule has 0 spiro atoms. The van der Waals surface area contributed by atoms with Crippen LogP contribution in [-0.2, 0) is 13.0 Å². The Morgan fingerprint density at radius 3 is 2.86 bits per heavy atom. The summed E-state index contributed by atoms with van der Waals surface area (Å²) in [4.78, 5) is 6.18. The average molecular weight is 292 g/mol. The van der Waals surface area contributed by atoms with Gasteiger partial charge in [0.15, 0.2) is 5.13 Å². The quantitative estimate of drug-likeness (QED) is 0.595. The van der Waals surface area contributed by atoms with Gasteiger partial charge in [-0.3, -0.25) is 0 Å². The highest BCUT2D eigenvalue weighted by Gasteiger charge is 2.23. The molecule has 4 rings (SSSR count). The molecule has 2 nitrogen and oxygen atoms in total. The fraction of sp³-hybridized carbons (Fsp3) is 0.167. The van der Waals surface area contributed by atoms with Gasteiger partial charge in [0.25, 0.3) is 0 Å². The minimum absolute atomic E-state index is 0.827. The predicted octanol–water partition coefficient (Wildman–Crippen LogP) is 4.63. The lowest BCUT2D eigenvalue weighted by Gasteiger charge is -2.03. The number of nitrogens with one attached hydrogen (secondary N) is 1. The molecule has 1 aromatic heterocycles. The van der Waals surface area contributed by atoms with Crippen LogP contribution >= 0.6 is 11.3 Å². The summed E-state index contributed by atoms with van der Waals surface area (Å²) in [7, 11) is 0. The molecule has 3 aromatic rings. The Morgan fingerprint density at radius 1 is 1.14 bits per heavy atom. The molecule has 0 amide bonds. The van der Waals surface area contributed by atoms with E-state index in [4.69, 9.17) is 4.98 Å². The lowest BCUT2D eigenvalue weighted by molar-refractivity contribution is 1.14. The van der Waals surface area contributed by atoms with Crippen LogP contribution in [-0.4, -0.2) is 4.98 Å². The van der Waals surface area contributed by atoms with Crippen molar-refractivity contribution in [2.24, 2.45) is 0 Å². The molecule has 1 aliphatic carbocycles. The number of thiazole rings is 1. The van der Waals surface area contributed by atoms with E-state index in [0.717, 1.165) is 18.1 Å². The van der Waals surface area contributed by atoms with Crippen molar-refractivity contribution in [1.82, 2.24) is 4.98 Å². The first kappa shape index (κ1) is 12.6. The molecule has 0 aliphatic heterocycles. The van der Waals surface area contributed by atoms with Crippen LogP contribution in [0, 0.1) is 6.92 Å². The van der Waals surface area contributed by atoms with Crippen LogP contribution < -0.4 is 5.32 Å². The van der Waals surface area contributed by atoms with Gasteiger partial charge in [-0.2, -0.15) is 0 Å². The molecule has 1 N–H and O–H groups in total. The molecule has 0 atom stereocenters. The summed E-state index contributed by atoms with van der Waals surface area (Å²) >= 11 is 1.78. The second-order valence-electron chi connectivity index (χ2n) is 5.47. The van der Waals surface area contributed by atoms with Crippen molar-refractivity contribution in [3.8, 4) is 11.3 Å². The number of aromatic nitrogens is 1. The highest BCUT2D eigenvalue weighted by atomic mass is 32.1. The Labute approximate surface area is 128 Å². The first-order valence-corrected chi connectivity index (χ1v) is 7.98. The van der Waals surface area contributed by atoms with Crippen molar-refractivity contribution in [2.75, 3.05) is 5.32 Å². The molecule has 3 heteroatoms. The van der Waals surface area contributed by atoms with Crippen molar-refractivity contribution < 1.29 is 0 Å². The third kappa shape index (κ3) is 2.34. The van der Waals surface area contributed by atoms with Gasteiger partial charge in [0.2, 0.25) is 0 Å². The number of fused-ring (bicyclic) bond motifs is 3. The Bertz CT molecular complexity index is 790. The van der Waals surface area contributed by atoms with Crippen molar-refractivity contribution in [2.45, 2.75) is 19.9 Å². The molecule has 0 bridgehead atoms. The smallest absolute Gasteiger partial charge is 0.183 e. The van der Waals surface area contributed by atoms with Crippen molar-refractivity contribution in [3.05, 3.63) is 70.1 Å². The average Bonchev–Trinajstić information content (AvgIpc) is 3.04. The van der Waals surface area contributed by atoms with Crippen LogP contribution in [0.3, 0.4) is 0 Å². The van der Waals surface area contributed by atoms with Gasteiger partial charge in [0.1, 0.15) is 0 Å². The number of benzene rings is 2. The van der Waals surface area contributed by atoms with E-state index in [9.17, 15) is 0 Å². The van der Waals surface area contributed by atoms with Crippen LogP contribution in [0.15, 0.2) is 48.5 Å². The van der Waals surface area contributed by atoms with E-state index < -0.39 is 0 Å². The summed E-state index contributed by atoms with van der Waals surface area (Å²) < 4.78 is 0. The van der Waals surface area contributed by atoms with Gasteiger partial charge in [-0.1, -0.05) is 48.0 Å². The zero-order valence-corrected chi connectivity index (χ0v) is 12.7. The van der Waals surface area contributed by atoms with Gasteiger partial charge >= 0.3 is 0 Å². The van der Waals surface area contributed by atoms with Gasteiger partial charge in [-0.25, -0.2) is 4.98 Å². The van der Waals surface area contributed by atoms with Crippen molar-refractivity contribution in [3.63, 3.8) is 0 Å². The van der Waals surface area contributed by atoms with Crippen LogP contribution in [0.1, 0.15) is 21.6 Å². The SMILES string of the molecule is Cc1ccc2c(c1)-c1nc(NCc3ccccc3)sc1C2. The number of rotatable bonds is 3. The third-order valence-corrected chi connectivity index (χ3v) is 4.87. The maximum absolute atomic E-state index is 4.80. The lowest BCUT2D eigenvalue weighted by Crippen LogP contribution is -1.98. The standard InChI is InChI=1S/C18H16N2S/c1-12-7-8-14-10-16-17(15(14)9-12)20-18(21-16)19-11-13-5-3-2-4-6-13/h2-9H,10-11H2,1H3,(H,19,20). The topological polar surface area (TPSA) is 24.9 Å². The molecule has 2 aromatic carbocycles. The summed E-state index contributed by atoms with van der Waals surface area (Å²) in [5, 5.41) is 4.47. The second kappa shape index (κ2) is 5.01. The molecular weight excluding hydrogens is 276 g/mol. The summed E-state index contributed by atoms with van der Waals surface area (Å²) in [5.74, 6) is 0. The zero-order chi connectivity index (χ0) is 14.2. The number of anilines is 1. The predicted molar refractivity (Wildman–Crippen MR) is 88.9 cm³/mol. The Balaban J connectivity index is 1.57. The van der Waals surface area contributed by atoms with E-state index in [1.54, 1.807) is 11.3 Å². The van der Waals surface area contributed by atoms with Crippen LogP contribution in [0.2, 0.25) is 0 Å². The van der Waals surface area contributed by atoms with Gasteiger partial charge < -0.3 is 5.32 Å². The lowest BCUT2D eigenvalue weighted by atomic mass is 10.1. The minimum atomic E-state index is 0.827. The number of hydrogen-bond acceptors (Lipinski definition) is 3. The molecule has 0 fully saturated rings. The minimum Gasteiger partial charge on any atom is -0.357 e. The largest absolute Gasteiger partial charge is 0.357 e.